The molecule has 0 atom stereocenters. The van der Waals surface area contributed by atoms with Gasteiger partial charge in [0.1, 0.15) is 0 Å². The van der Waals surface area contributed by atoms with Crippen LogP contribution in [0.1, 0.15) is 34.8 Å². The number of benzene rings is 1. The number of rotatable bonds is 5. The lowest BCUT2D eigenvalue weighted by Gasteiger charge is -2.11. The molecular weight excluding hydrogens is 272 g/mol. The van der Waals surface area contributed by atoms with Crippen LogP contribution in [0.5, 0.6) is 0 Å². The highest BCUT2D eigenvalue weighted by Crippen LogP contribution is 2.23. The van der Waals surface area contributed by atoms with E-state index in [1.807, 2.05) is 32.0 Å². The van der Waals surface area contributed by atoms with Crippen LogP contribution in [0.15, 0.2) is 18.2 Å². The summed E-state index contributed by atoms with van der Waals surface area (Å²) in [5.41, 5.74) is 3.05. The van der Waals surface area contributed by atoms with Crippen molar-refractivity contribution in [1.29, 1.82) is 0 Å². The fourth-order valence-corrected chi connectivity index (χ4v) is 2.61. The average Bonchev–Trinajstić information content (AvgIpc) is 2.90. The van der Waals surface area contributed by atoms with E-state index in [4.69, 9.17) is 0 Å². The summed E-state index contributed by atoms with van der Waals surface area (Å²) in [6.07, 6.45) is 0.871. The van der Waals surface area contributed by atoms with Gasteiger partial charge in [-0.15, -0.1) is 10.2 Å². The zero-order valence-electron chi connectivity index (χ0n) is 11.9. The zero-order chi connectivity index (χ0) is 14.5. The molecule has 6 heteroatoms. The van der Waals surface area contributed by atoms with Crippen LogP contribution < -0.4 is 10.6 Å². The number of para-hydroxylation sites is 1. The topological polar surface area (TPSA) is 66.9 Å². The number of nitrogens with zero attached hydrogens (tertiary/aromatic N) is 2. The highest BCUT2D eigenvalue weighted by molar-refractivity contribution is 7.17. The van der Waals surface area contributed by atoms with Gasteiger partial charge in [-0.1, -0.05) is 36.5 Å². The molecule has 0 unspecified atom stereocenters. The molecular formula is C14H18N4OS. The number of nitrogens with one attached hydrogen (secondary N) is 2. The second-order valence-corrected chi connectivity index (χ2v) is 5.34. The van der Waals surface area contributed by atoms with Gasteiger partial charge >= 0.3 is 0 Å². The van der Waals surface area contributed by atoms with E-state index in [0.29, 0.717) is 10.1 Å². The summed E-state index contributed by atoms with van der Waals surface area (Å²) in [6.45, 7) is 6.79. The number of carbonyl (C=O) groups excluding carboxylic acids is 1. The molecule has 2 aromatic rings. The fourth-order valence-electron chi connectivity index (χ4n) is 1.91. The van der Waals surface area contributed by atoms with Crippen LogP contribution in [-0.2, 0) is 6.42 Å². The number of aryl methyl sites for hydroxylation is 2. The number of anilines is 2. The van der Waals surface area contributed by atoms with Crippen LogP contribution in [-0.4, -0.2) is 22.6 Å². The van der Waals surface area contributed by atoms with E-state index in [1.165, 1.54) is 11.3 Å². The summed E-state index contributed by atoms with van der Waals surface area (Å²) < 4.78 is 0. The van der Waals surface area contributed by atoms with E-state index >= 15 is 0 Å². The zero-order valence-corrected chi connectivity index (χ0v) is 12.7. The van der Waals surface area contributed by atoms with Crippen LogP contribution in [0.25, 0.3) is 0 Å². The molecule has 2 N–H and O–H groups in total. The molecule has 106 valence electrons. The Morgan fingerprint density at radius 2 is 2.10 bits per heavy atom. The third kappa shape index (κ3) is 3.14. The second-order valence-electron chi connectivity index (χ2n) is 4.36. The van der Waals surface area contributed by atoms with Gasteiger partial charge < -0.3 is 10.6 Å². The van der Waals surface area contributed by atoms with Gasteiger partial charge in [0.15, 0.2) is 0 Å². The van der Waals surface area contributed by atoms with Crippen LogP contribution in [0, 0.1) is 6.92 Å². The largest absolute Gasteiger partial charge is 0.360 e. The highest BCUT2D eigenvalue weighted by Gasteiger charge is 2.15. The van der Waals surface area contributed by atoms with Crippen molar-refractivity contribution in [3.8, 4) is 0 Å². The van der Waals surface area contributed by atoms with Crippen molar-refractivity contribution in [1.82, 2.24) is 10.2 Å². The van der Waals surface area contributed by atoms with Crippen LogP contribution in [0.4, 0.5) is 10.8 Å². The summed E-state index contributed by atoms with van der Waals surface area (Å²) in [6, 6.07) is 6.00. The molecule has 0 radical (unpaired) electrons. The maximum absolute atomic E-state index is 12.2. The molecule has 0 bridgehead atoms. The fraction of sp³-hybridized carbons (Fsp3) is 0.357. The van der Waals surface area contributed by atoms with Gasteiger partial charge in [0, 0.05) is 12.2 Å². The minimum Gasteiger partial charge on any atom is -0.360 e. The molecule has 0 fully saturated rings. The van der Waals surface area contributed by atoms with Gasteiger partial charge in [0.05, 0.1) is 0 Å². The monoisotopic (exact) mass is 290 g/mol. The lowest BCUT2D eigenvalue weighted by atomic mass is 10.1. The number of aromatic nitrogens is 2. The average molecular weight is 290 g/mol. The van der Waals surface area contributed by atoms with Crippen LogP contribution in [0.2, 0.25) is 0 Å². The predicted octanol–water partition coefficient (Wildman–Crippen LogP) is 3.09. The first-order valence-electron chi connectivity index (χ1n) is 6.62. The van der Waals surface area contributed by atoms with Gasteiger partial charge in [-0.3, -0.25) is 4.79 Å². The molecule has 20 heavy (non-hydrogen) atoms. The van der Waals surface area contributed by atoms with Crippen molar-refractivity contribution in [2.45, 2.75) is 27.2 Å². The maximum Gasteiger partial charge on any atom is 0.286 e. The van der Waals surface area contributed by atoms with Crippen LogP contribution >= 0.6 is 11.3 Å². The predicted molar refractivity (Wildman–Crippen MR) is 82.6 cm³/mol. The number of hydrogen-bond donors (Lipinski definition) is 2. The Balaban J connectivity index is 2.19. The van der Waals surface area contributed by atoms with E-state index in [1.54, 1.807) is 0 Å². The third-order valence-electron chi connectivity index (χ3n) is 2.93. The molecule has 0 spiro atoms. The highest BCUT2D eigenvalue weighted by atomic mass is 32.1. The summed E-state index contributed by atoms with van der Waals surface area (Å²) in [7, 11) is 0. The number of amides is 1. The Hall–Kier alpha value is -1.95. The number of carbonyl (C=O) groups is 1. The van der Waals surface area contributed by atoms with Crippen molar-refractivity contribution in [3.63, 3.8) is 0 Å². The van der Waals surface area contributed by atoms with Gasteiger partial charge in [-0.25, -0.2) is 0 Å². The standard InChI is InChI=1S/C14H18N4OS/c1-4-10-8-6-7-9(3)11(10)16-12(19)13-17-18-14(20-13)15-5-2/h6-8H,4-5H2,1-3H3,(H,15,18)(H,16,19). The smallest absolute Gasteiger partial charge is 0.286 e. The van der Waals surface area contributed by atoms with Crippen molar-refractivity contribution in [3.05, 3.63) is 34.3 Å². The van der Waals surface area contributed by atoms with Gasteiger partial charge in [-0.2, -0.15) is 0 Å². The molecule has 1 heterocycles. The molecule has 0 aliphatic carbocycles. The van der Waals surface area contributed by atoms with Crippen molar-refractivity contribution >= 4 is 28.1 Å². The summed E-state index contributed by atoms with van der Waals surface area (Å²) in [5.74, 6) is -0.212. The summed E-state index contributed by atoms with van der Waals surface area (Å²) in [5, 5.41) is 14.9. The van der Waals surface area contributed by atoms with Gasteiger partial charge in [0.2, 0.25) is 10.1 Å². The molecule has 0 aliphatic rings. The lowest BCUT2D eigenvalue weighted by molar-refractivity contribution is 0.102. The SMILES string of the molecule is CCNc1nnc(C(=O)Nc2c(C)cccc2CC)s1. The van der Waals surface area contributed by atoms with E-state index in [-0.39, 0.29) is 5.91 Å². The second kappa shape index (κ2) is 6.47. The Bertz CT molecular complexity index is 609. The normalized spacial score (nSPS) is 10.3. The minimum absolute atomic E-state index is 0.212. The quantitative estimate of drug-likeness (QED) is 0.888. The third-order valence-corrected chi connectivity index (χ3v) is 3.81. The van der Waals surface area contributed by atoms with Crippen molar-refractivity contribution in [2.24, 2.45) is 0 Å². The Morgan fingerprint density at radius 3 is 2.80 bits per heavy atom. The Labute approximate surface area is 122 Å². The van der Waals surface area contributed by atoms with Crippen molar-refractivity contribution < 1.29 is 4.79 Å². The van der Waals surface area contributed by atoms with Crippen molar-refractivity contribution in [2.75, 3.05) is 17.2 Å². The first-order valence-corrected chi connectivity index (χ1v) is 7.44. The lowest BCUT2D eigenvalue weighted by Crippen LogP contribution is -2.14. The van der Waals surface area contributed by atoms with Gasteiger partial charge in [-0.05, 0) is 31.4 Å². The van der Waals surface area contributed by atoms with E-state index < -0.39 is 0 Å². The molecule has 0 saturated heterocycles. The molecule has 1 amide bonds. The minimum atomic E-state index is -0.212. The molecule has 0 saturated carbocycles. The molecule has 1 aromatic heterocycles. The summed E-state index contributed by atoms with van der Waals surface area (Å²) >= 11 is 1.26. The number of hydrogen-bond acceptors (Lipinski definition) is 5. The molecule has 2 rings (SSSR count). The van der Waals surface area contributed by atoms with E-state index in [0.717, 1.165) is 29.8 Å². The molecule has 5 nitrogen and oxygen atoms in total. The van der Waals surface area contributed by atoms with Crippen LogP contribution in [0.3, 0.4) is 0 Å². The Kier molecular flexibility index (Phi) is 4.68. The maximum atomic E-state index is 12.2. The first kappa shape index (κ1) is 14.5. The van der Waals surface area contributed by atoms with E-state index in [9.17, 15) is 4.79 Å². The Morgan fingerprint density at radius 1 is 1.30 bits per heavy atom. The summed E-state index contributed by atoms with van der Waals surface area (Å²) in [4.78, 5) is 12.2. The molecule has 0 aliphatic heterocycles. The van der Waals surface area contributed by atoms with Gasteiger partial charge in [0.25, 0.3) is 5.91 Å². The van der Waals surface area contributed by atoms with E-state index in [2.05, 4.69) is 27.8 Å². The first-order chi connectivity index (χ1) is 9.65. The molecule has 1 aromatic carbocycles.